The zero-order valence-corrected chi connectivity index (χ0v) is 16.9. The van der Waals surface area contributed by atoms with Crippen LogP contribution in [0.25, 0.3) is 0 Å². The van der Waals surface area contributed by atoms with Crippen molar-refractivity contribution in [3.05, 3.63) is 71.3 Å². The summed E-state index contributed by atoms with van der Waals surface area (Å²) in [6, 6.07) is 16.0. The Labute approximate surface area is 176 Å². The minimum atomic E-state index is -1.33. The molecule has 2 aromatic carbocycles. The van der Waals surface area contributed by atoms with Crippen LogP contribution >= 0.6 is 0 Å². The molecule has 0 atom stereocenters. The van der Waals surface area contributed by atoms with Gasteiger partial charge < -0.3 is 10.1 Å². The number of ketones is 2. The highest BCUT2D eigenvalue weighted by molar-refractivity contribution is 6.33. The number of hydrogen-bond acceptors (Lipinski definition) is 5. The molecule has 0 saturated carbocycles. The molecular weight excluding hydrogens is 380 g/mol. The highest BCUT2D eigenvalue weighted by Gasteiger charge is 2.53. The summed E-state index contributed by atoms with van der Waals surface area (Å²) in [5.41, 5.74) is 0.211. The van der Waals surface area contributed by atoms with Crippen LogP contribution in [0.4, 0.5) is 0 Å². The molecule has 6 heteroatoms. The van der Waals surface area contributed by atoms with Crippen molar-refractivity contribution in [3.63, 3.8) is 0 Å². The number of benzene rings is 2. The van der Waals surface area contributed by atoms with Crippen LogP contribution in [-0.2, 0) is 14.9 Å². The number of nitrogens with zero attached hydrogens (tertiary/aromatic N) is 1. The fourth-order valence-corrected chi connectivity index (χ4v) is 4.37. The molecule has 2 aliphatic rings. The Balaban J connectivity index is 1.47. The topological polar surface area (TPSA) is 75.7 Å². The van der Waals surface area contributed by atoms with E-state index in [9.17, 15) is 14.4 Å². The standard InChI is InChI=1S/C24H26N2O4/c27-21(25-12-13-26-14-16-30-17-15-26)10-11-24(18-6-2-1-3-7-18)22(28)19-8-4-5-9-20(19)23(24)29/h1-9H,10-17H2,(H,25,27). The third kappa shape index (κ3) is 3.80. The molecule has 1 fully saturated rings. The lowest BCUT2D eigenvalue weighted by Crippen LogP contribution is -2.42. The van der Waals surface area contributed by atoms with Crippen LogP contribution in [0.3, 0.4) is 0 Å². The van der Waals surface area contributed by atoms with Gasteiger partial charge in [-0.3, -0.25) is 19.3 Å². The summed E-state index contributed by atoms with van der Waals surface area (Å²) in [4.78, 5) is 41.6. The third-order valence-corrected chi connectivity index (χ3v) is 6.04. The lowest BCUT2D eigenvalue weighted by atomic mass is 9.72. The average molecular weight is 406 g/mol. The summed E-state index contributed by atoms with van der Waals surface area (Å²) in [7, 11) is 0. The second kappa shape index (κ2) is 8.90. The van der Waals surface area contributed by atoms with Gasteiger partial charge in [0.05, 0.1) is 13.2 Å². The Morgan fingerprint density at radius 1 is 0.933 bits per heavy atom. The van der Waals surface area contributed by atoms with Crippen molar-refractivity contribution < 1.29 is 19.1 Å². The molecule has 0 bridgehead atoms. The van der Waals surface area contributed by atoms with E-state index in [4.69, 9.17) is 4.74 Å². The van der Waals surface area contributed by atoms with E-state index in [0.717, 1.165) is 32.8 Å². The minimum absolute atomic E-state index is 0.115. The first-order chi connectivity index (χ1) is 14.6. The summed E-state index contributed by atoms with van der Waals surface area (Å²) < 4.78 is 5.33. The van der Waals surface area contributed by atoms with Crippen LogP contribution in [-0.4, -0.2) is 61.8 Å². The van der Waals surface area contributed by atoms with Gasteiger partial charge in [0, 0.05) is 43.7 Å². The molecule has 1 amide bonds. The number of Topliss-reactive ketones (excluding diaryl/α,β-unsaturated/α-hetero) is 2. The van der Waals surface area contributed by atoms with E-state index < -0.39 is 5.41 Å². The van der Waals surface area contributed by atoms with Gasteiger partial charge in [-0.15, -0.1) is 0 Å². The summed E-state index contributed by atoms with van der Waals surface area (Å²) in [5.74, 6) is -0.569. The van der Waals surface area contributed by atoms with Gasteiger partial charge in [-0.25, -0.2) is 0 Å². The van der Waals surface area contributed by atoms with Crippen molar-refractivity contribution >= 4 is 17.5 Å². The first-order valence-corrected chi connectivity index (χ1v) is 10.4. The number of rotatable bonds is 7. The van der Waals surface area contributed by atoms with Crippen LogP contribution in [0.1, 0.15) is 39.1 Å². The molecule has 2 aromatic rings. The molecule has 0 aromatic heterocycles. The molecule has 1 saturated heterocycles. The van der Waals surface area contributed by atoms with E-state index in [1.54, 1.807) is 36.4 Å². The van der Waals surface area contributed by atoms with Gasteiger partial charge in [-0.2, -0.15) is 0 Å². The van der Waals surface area contributed by atoms with Crippen molar-refractivity contribution in [2.75, 3.05) is 39.4 Å². The molecule has 1 heterocycles. The molecular formula is C24H26N2O4. The second-order valence-corrected chi connectivity index (χ2v) is 7.78. The highest BCUT2D eigenvalue weighted by atomic mass is 16.5. The van der Waals surface area contributed by atoms with Crippen molar-refractivity contribution in [2.45, 2.75) is 18.3 Å². The lowest BCUT2D eigenvalue weighted by molar-refractivity contribution is -0.121. The smallest absolute Gasteiger partial charge is 0.220 e. The van der Waals surface area contributed by atoms with E-state index in [-0.39, 0.29) is 30.3 Å². The highest BCUT2D eigenvalue weighted by Crippen LogP contribution is 2.42. The molecule has 1 aliphatic heterocycles. The lowest BCUT2D eigenvalue weighted by Gasteiger charge is -2.27. The van der Waals surface area contributed by atoms with E-state index in [1.165, 1.54) is 0 Å². The number of carbonyl (C=O) groups is 3. The SMILES string of the molecule is O=C(CCC1(c2ccccc2)C(=O)c2ccccc2C1=O)NCCN1CCOCC1. The monoisotopic (exact) mass is 406 g/mol. The zero-order chi connectivity index (χ0) is 21.0. The third-order valence-electron chi connectivity index (χ3n) is 6.04. The number of ether oxygens (including phenoxy) is 1. The van der Waals surface area contributed by atoms with E-state index in [2.05, 4.69) is 10.2 Å². The van der Waals surface area contributed by atoms with Gasteiger partial charge in [0.1, 0.15) is 5.41 Å². The molecule has 0 spiro atoms. The van der Waals surface area contributed by atoms with Crippen molar-refractivity contribution in [1.82, 2.24) is 10.2 Å². The quantitative estimate of drug-likeness (QED) is 0.714. The number of hydrogen-bond donors (Lipinski definition) is 1. The van der Waals surface area contributed by atoms with Crippen LogP contribution in [0.15, 0.2) is 54.6 Å². The molecule has 0 unspecified atom stereocenters. The molecule has 1 aliphatic carbocycles. The Bertz CT molecular complexity index is 900. The molecule has 6 nitrogen and oxygen atoms in total. The average Bonchev–Trinajstić information content (AvgIpc) is 3.01. The molecule has 156 valence electrons. The fourth-order valence-electron chi connectivity index (χ4n) is 4.37. The second-order valence-electron chi connectivity index (χ2n) is 7.78. The zero-order valence-electron chi connectivity index (χ0n) is 16.9. The van der Waals surface area contributed by atoms with Crippen molar-refractivity contribution in [3.8, 4) is 0 Å². The summed E-state index contributed by atoms with van der Waals surface area (Å²) >= 11 is 0. The van der Waals surface area contributed by atoms with E-state index in [1.807, 2.05) is 18.2 Å². The minimum Gasteiger partial charge on any atom is -0.379 e. The van der Waals surface area contributed by atoms with E-state index in [0.29, 0.717) is 23.2 Å². The summed E-state index contributed by atoms with van der Waals surface area (Å²) in [6.45, 7) is 4.49. The van der Waals surface area contributed by atoms with Gasteiger partial charge >= 0.3 is 0 Å². The molecule has 4 rings (SSSR count). The van der Waals surface area contributed by atoms with Crippen LogP contribution in [0.5, 0.6) is 0 Å². The van der Waals surface area contributed by atoms with Gasteiger partial charge in [0.2, 0.25) is 5.91 Å². The maximum absolute atomic E-state index is 13.4. The number of morpholine rings is 1. The Kier molecular flexibility index (Phi) is 6.06. The van der Waals surface area contributed by atoms with Gasteiger partial charge in [-0.05, 0) is 12.0 Å². The van der Waals surface area contributed by atoms with Crippen LogP contribution in [0.2, 0.25) is 0 Å². The van der Waals surface area contributed by atoms with Gasteiger partial charge in [0.15, 0.2) is 11.6 Å². The van der Waals surface area contributed by atoms with Crippen LogP contribution in [0, 0.1) is 0 Å². The maximum atomic E-state index is 13.4. The van der Waals surface area contributed by atoms with Crippen molar-refractivity contribution in [1.29, 1.82) is 0 Å². The van der Waals surface area contributed by atoms with Gasteiger partial charge in [0.25, 0.3) is 0 Å². The predicted molar refractivity (Wildman–Crippen MR) is 113 cm³/mol. The number of fused-ring (bicyclic) bond motifs is 1. The first-order valence-electron chi connectivity index (χ1n) is 10.4. The molecule has 30 heavy (non-hydrogen) atoms. The molecule has 0 radical (unpaired) electrons. The van der Waals surface area contributed by atoms with E-state index >= 15 is 0 Å². The number of amides is 1. The van der Waals surface area contributed by atoms with Gasteiger partial charge in [-0.1, -0.05) is 54.6 Å². The largest absolute Gasteiger partial charge is 0.379 e. The molecule has 1 N–H and O–H groups in total. The normalized spacial score (nSPS) is 18.3. The summed E-state index contributed by atoms with van der Waals surface area (Å²) in [6.07, 6.45) is 0.274. The predicted octanol–water partition coefficient (Wildman–Crippen LogP) is 2.23. The number of nitrogens with one attached hydrogen (secondary N) is 1. The Morgan fingerprint density at radius 2 is 1.53 bits per heavy atom. The Morgan fingerprint density at radius 3 is 2.17 bits per heavy atom. The Hall–Kier alpha value is -2.83. The van der Waals surface area contributed by atoms with Crippen LogP contribution < -0.4 is 5.32 Å². The number of carbonyl (C=O) groups excluding carboxylic acids is 3. The summed E-state index contributed by atoms with van der Waals surface area (Å²) in [5, 5.41) is 2.93. The fraction of sp³-hybridized carbons (Fsp3) is 0.375. The van der Waals surface area contributed by atoms with Crippen molar-refractivity contribution in [2.24, 2.45) is 0 Å². The first kappa shape index (κ1) is 20.4. The maximum Gasteiger partial charge on any atom is 0.220 e.